The Kier molecular flexibility index (Phi) is 4.58. The maximum atomic E-state index is 10.3. The normalized spacial score (nSPS) is 62.5. The third-order valence-electron chi connectivity index (χ3n) is 11.9. The van der Waals surface area contributed by atoms with Gasteiger partial charge in [0.2, 0.25) is 0 Å². The Hall–Kier alpha value is -0.120. The van der Waals surface area contributed by atoms with E-state index in [1.165, 1.54) is 44.9 Å². The highest BCUT2D eigenvalue weighted by Gasteiger charge is 2.69. The highest BCUT2D eigenvalue weighted by atomic mass is 16.7. The first kappa shape index (κ1) is 20.5. The van der Waals surface area contributed by atoms with E-state index >= 15 is 0 Å². The van der Waals surface area contributed by atoms with Crippen molar-refractivity contribution in [2.45, 2.75) is 110 Å². The minimum absolute atomic E-state index is 0.0389. The monoisotopic (exact) mass is 416 g/mol. The molecule has 0 bridgehead atoms. The molecule has 2 saturated heterocycles. The van der Waals surface area contributed by atoms with Gasteiger partial charge in [0.05, 0.1) is 18.8 Å². The summed E-state index contributed by atoms with van der Waals surface area (Å²) in [6.07, 6.45) is 12.9. The number of hydrogen-bond acceptors (Lipinski definition) is 3. The van der Waals surface area contributed by atoms with Gasteiger partial charge in [-0.1, -0.05) is 27.7 Å². The van der Waals surface area contributed by atoms with Crippen molar-refractivity contribution in [1.82, 2.24) is 0 Å². The highest BCUT2D eigenvalue weighted by Crippen LogP contribution is 2.71. The molecule has 4 saturated carbocycles. The van der Waals surface area contributed by atoms with Crippen molar-refractivity contribution in [3.8, 4) is 0 Å². The molecular formula is C27H44O3. The molecule has 12 atom stereocenters. The second-order valence-electron chi connectivity index (χ2n) is 13.1. The lowest BCUT2D eigenvalue weighted by Crippen LogP contribution is -2.55. The minimum Gasteiger partial charge on any atom is -0.393 e. The Labute approximate surface area is 183 Å². The van der Waals surface area contributed by atoms with Crippen LogP contribution < -0.4 is 0 Å². The second kappa shape index (κ2) is 6.70. The molecule has 6 fully saturated rings. The Bertz CT molecular complexity index is 684. The predicted molar refractivity (Wildman–Crippen MR) is 118 cm³/mol. The molecule has 0 unspecified atom stereocenters. The first-order chi connectivity index (χ1) is 14.3. The van der Waals surface area contributed by atoms with Crippen molar-refractivity contribution in [2.75, 3.05) is 6.61 Å². The Morgan fingerprint density at radius 1 is 0.833 bits per heavy atom. The fourth-order valence-corrected chi connectivity index (χ4v) is 10.3. The van der Waals surface area contributed by atoms with Crippen LogP contribution >= 0.6 is 0 Å². The standard InChI is InChI=1S/C27H44O3/c1-16-7-12-27(29-15-16)17(2)24-23(30-27)14-22-20-6-5-18-13-19(28)8-10-25(18,3)21(20)9-11-26(22,24)4/h16-24,28H,5-15H2,1-4H3/t16-,17+,18-,19-,20+,21-,22-,23-,24-,25-,26-,27+/m0/s1. The topological polar surface area (TPSA) is 38.7 Å². The van der Waals surface area contributed by atoms with Crippen LogP contribution in [0.1, 0.15) is 91.9 Å². The molecule has 0 aromatic rings. The molecule has 0 aromatic heterocycles. The minimum atomic E-state index is -0.282. The van der Waals surface area contributed by atoms with Crippen molar-refractivity contribution in [2.24, 2.45) is 52.3 Å². The van der Waals surface area contributed by atoms with Gasteiger partial charge in [0, 0.05) is 12.3 Å². The molecule has 30 heavy (non-hydrogen) atoms. The smallest absolute Gasteiger partial charge is 0.171 e. The number of aliphatic hydroxyl groups is 1. The summed E-state index contributed by atoms with van der Waals surface area (Å²) in [4.78, 5) is 0. The summed E-state index contributed by atoms with van der Waals surface area (Å²) < 4.78 is 13.4. The van der Waals surface area contributed by atoms with E-state index in [0.29, 0.717) is 34.7 Å². The zero-order chi connectivity index (χ0) is 20.9. The quantitative estimate of drug-likeness (QED) is 0.543. The zero-order valence-electron chi connectivity index (χ0n) is 19.7. The fraction of sp³-hybridized carbons (Fsp3) is 1.00. The molecule has 1 spiro atoms. The second-order valence-corrected chi connectivity index (χ2v) is 13.1. The van der Waals surface area contributed by atoms with E-state index < -0.39 is 0 Å². The molecule has 2 heterocycles. The summed E-state index contributed by atoms with van der Waals surface area (Å²) in [5, 5.41) is 10.3. The van der Waals surface area contributed by atoms with Crippen molar-refractivity contribution >= 4 is 0 Å². The van der Waals surface area contributed by atoms with Crippen molar-refractivity contribution in [1.29, 1.82) is 0 Å². The maximum absolute atomic E-state index is 10.3. The molecule has 3 nitrogen and oxygen atoms in total. The Balaban J connectivity index is 1.26. The molecular weight excluding hydrogens is 372 g/mol. The van der Waals surface area contributed by atoms with Gasteiger partial charge in [0.15, 0.2) is 5.79 Å². The molecule has 2 aliphatic heterocycles. The molecule has 0 amide bonds. The summed E-state index contributed by atoms with van der Waals surface area (Å²) in [5.74, 6) is 4.93. The number of aliphatic hydroxyl groups excluding tert-OH is 1. The van der Waals surface area contributed by atoms with Crippen LogP contribution in [0.25, 0.3) is 0 Å². The first-order valence-corrected chi connectivity index (χ1v) is 13.3. The summed E-state index contributed by atoms with van der Waals surface area (Å²) in [6, 6.07) is 0. The summed E-state index contributed by atoms with van der Waals surface area (Å²) in [6.45, 7) is 10.9. The zero-order valence-corrected chi connectivity index (χ0v) is 19.7. The molecule has 0 aromatic carbocycles. The van der Waals surface area contributed by atoms with Gasteiger partial charge in [-0.15, -0.1) is 0 Å². The van der Waals surface area contributed by atoms with Gasteiger partial charge in [-0.2, -0.15) is 0 Å². The van der Waals surface area contributed by atoms with Crippen LogP contribution in [0.2, 0.25) is 0 Å². The van der Waals surface area contributed by atoms with E-state index in [1.54, 1.807) is 0 Å². The first-order valence-electron chi connectivity index (χ1n) is 13.3. The Morgan fingerprint density at radius 2 is 1.63 bits per heavy atom. The van der Waals surface area contributed by atoms with Crippen LogP contribution in [-0.4, -0.2) is 29.7 Å². The van der Waals surface area contributed by atoms with Crippen molar-refractivity contribution in [3.63, 3.8) is 0 Å². The molecule has 3 heteroatoms. The maximum Gasteiger partial charge on any atom is 0.171 e. The lowest BCUT2D eigenvalue weighted by Gasteiger charge is -2.61. The molecule has 170 valence electrons. The van der Waals surface area contributed by atoms with E-state index in [4.69, 9.17) is 9.47 Å². The number of ether oxygens (including phenoxy) is 2. The van der Waals surface area contributed by atoms with Gasteiger partial charge in [-0.3, -0.25) is 0 Å². The predicted octanol–water partition coefficient (Wildman–Crippen LogP) is 5.79. The number of rotatable bonds is 0. The lowest BCUT2D eigenvalue weighted by molar-refractivity contribution is -0.273. The summed E-state index contributed by atoms with van der Waals surface area (Å²) in [7, 11) is 0. The van der Waals surface area contributed by atoms with Gasteiger partial charge in [0.25, 0.3) is 0 Å². The summed E-state index contributed by atoms with van der Waals surface area (Å²) in [5.41, 5.74) is 0.899. The fourth-order valence-electron chi connectivity index (χ4n) is 10.3. The van der Waals surface area contributed by atoms with Crippen LogP contribution in [0.15, 0.2) is 0 Å². The average molecular weight is 417 g/mol. The van der Waals surface area contributed by atoms with E-state index in [9.17, 15) is 5.11 Å². The van der Waals surface area contributed by atoms with Gasteiger partial charge in [-0.25, -0.2) is 0 Å². The van der Waals surface area contributed by atoms with Crippen molar-refractivity contribution < 1.29 is 14.6 Å². The van der Waals surface area contributed by atoms with Gasteiger partial charge in [0.1, 0.15) is 0 Å². The molecule has 6 aliphatic rings. The van der Waals surface area contributed by atoms with Crippen LogP contribution in [-0.2, 0) is 9.47 Å². The lowest BCUT2D eigenvalue weighted by atomic mass is 9.44. The largest absolute Gasteiger partial charge is 0.393 e. The summed E-state index contributed by atoms with van der Waals surface area (Å²) >= 11 is 0. The number of hydrogen-bond donors (Lipinski definition) is 1. The van der Waals surface area contributed by atoms with E-state index in [0.717, 1.165) is 49.5 Å². The SMILES string of the molecule is C[C@H]1CC[C@@]2(OC1)O[C@H]1C[C@H]3[C@@H]4CC[C@H]5C[C@@H](O)CC[C@]5(C)[C@H]4CC[C@]3(C)[C@H]1[C@H]2C. The Morgan fingerprint density at radius 3 is 2.40 bits per heavy atom. The number of fused-ring (bicyclic) bond motifs is 7. The average Bonchev–Trinajstić information content (AvgIpc) is 3.16. The van der Waals surface area contributed by atoms with E-state index in [-0.39, 0.29) is 11.9 Å². The van der Waals surface area contributed by atoms with Crippen molar-refractivity contribution in [3.05, 3.63) is 0 Å². The third kappa shape index (κ3) is 2.61. The van der Waals surface area contributed by atoms with Crippen LogP contribution in [0.3, 0.4) is 0 Å². The van der Waals surface area contributed by atoms with E-state index in [2.05, 4.69) is 27.7 Å². The highest BCUT2D eigenvalue weighted by molar-refractivity contribution is 5.15. The molecule has 1 N–H and O–H groups in total. The van der Waals surface area contributed by atoms with Crippen LogP contribution in [0, 0.1) is 52.3 Å². The molecule has 6 rings (SSSR count). The molecule has 4 aliphatic carbocycles. The third-order valence-corrected chi connectivity index (χ3v) is 11.9. The van der Waals surface area contributed by atoms with Crippen LogP contribution in [0.5, 0.6) is 0 Å². The van der Waals surface area contributed by atoms with Crippen LogP contribution in [0.4, 0.5) is 0 Å². The van der Waals surface area contributed by atoms with Gasteiger partial charge in [-0.05, 0) is 104 Å². The van der Waals surface area contributed by atoms with Gasteiger partial charge < -0.3 is 14.6 Å². The van der Waals surface area contributed by atoms with E-state index in [1.807, 2.05) is 0 Å². The molecule has 0 radical (unpaired) electrons. The van der Waals surface area contributed by atoms with Gasteiger partial charge >= 0.3 is 0 Å².